The van der Waals surface area contributed by atoms with Crippen molar-refractivity contribution in [3.8, 4) is 0 Å². The molecule has 0 unspecified atom stereocenters. The Labute approximate surface area is 81.2 Å². The molecule has 0 saturated carbocycles. The minimum absolute atomic E-state index is 1.17. The van der Waals surface area contributed by atoms with Crippen molar-refractivity contribution in [1.82, 2.24) is 9.97 Å². The summed E-state index contributed by atoms with van der Waals surface area (Å²) in [6.07, 6.45) is 7.39. The van der Waals surface area contributed by atoms with E-state index in [0.29, 0.717) is 0 Å². The maximum absolute atomic E-state index is 4.10. The molecule has 0 N–H and O–H groups in total. The molecule has 0 bridgehead atoms. The maximum Gasteiger partial charge on any atom is 0.0346 e. The SMILES string of the molecule is c1cc2cc3cnccc3cc2cn1. The van der Waals surface area contributed by atoms with Gasteiger partial charge in [-0.1, -0.05) is 0 Å². The lowest BCUT2D eigenvalue weighted by molar-refractivity contribution is 1.36. The van der Waals surface area contributed by atoms with Gasteiger partial charge in [-0.25, -0.2) is 0 Å². The first-order valence-electron chi connectivity index (χ1n) is 4.51. The summed E-state index contributed by atoms with van der Waals surface area (Å²) >= 11 is 0. The van der Waals surface area contributed by atoms with Crippen molar-refractivity contribution >= 4 is 21.5 Å². The summed E-state index contributed by atoms with van der Waals surface area (Å²) in [7, 11) is 0. The highest BCUT2D eigenvalue weighted by Crippen LogP contribution is 2.20. The topological polar surface area (TPSA) is 25.8 Å². The highest BCUT2D eigenvalue weighted by Gasteiger charge is 1.96. The quantitative estimate of drug-likeness (QED) is 0.497. The van der Waals surface area contributed by atoms with Gasteiger partial charge >= 0.3 is 0 Å². The average Bonchev–Trinajstić information content (AvgIpc) is 2.26. The minimum Gasteiger partial charge on any atom is -0.264 e. The van der Waals surface area contributed by atoms with Gasteiger partial charge in [-0.2, -0.15) is 0 Å². The summed E-state index contributed by atoms with van der Waals surface area (Å²) < 4.78 is 0. The summed E-state index contributed by atoms with van der Waals surface area (Å²) in [5, 5.41) is 4.76. The van der Waals surface area contributed by atoms with Crippen molar-refractivity contribution in [3.63, 3.8) is 0 Å². The van der Waals surface area contributed by atoms with E-state index in [4.69, 9.17) is 0 Å². The highest BCUT2D eigenvalue weighted by molar-refractivity contribution is 5.97. The van der Waals surface area contributed by atoms with Gasteiger partial charge in [-0.05, 0) is 35.0 Å². The number of aromatic nitrogens is 2. The van der Waals surface area contributed by atoms with Crippen molar-refractivity contribution in [2.75, 3.05) is 0 Å². The molecule has 0 amide bonds. The predicted molar refractivity (Wildman–Crippen MR) is 57.0 cm³/mol. The van der Waals surface area contributed by atoms with Gasteiger partial charge in [0, 0.05) is 35.6 Å². The fourth-order valence-corrected chi connectivity index (χ4v) is 1.67. The van der Waals surface area contributed by atoms with Gasteiger partial charge in [0.25, 0.3) is 0 Å². The van der Waals surface area contributed by atoms with E-state index in [2.05, 4.69) is 22.1 Å². The molecule has 0 radical (unpaired) electrons. The van der Waals surface area contributed by atoms with E-state index in [1.54, 1.807) is 0 Å². The van der Waals surface area contributed by atoms with Crippen molar-refractivity contribution < 1.29 is 0 Å². The number of benzene rings is 1. The first-order valence-corrected chi connectivity index (χ1v) is 4.51. The van der Waals surface area contributed by atoms with Gasteiger partial charge in [0.1, 0.15) is 0 Å². The number of fused-ring (bicyclic) bond motifs is 2. The highest BCUT2D eigenvalue weighted by atomic mass is 14.6. The van der Waals surface area contributed by atoms with E-state index in [-0.39, 0.29) is 0 Å². The molecule has 0 fully saturated rings. The number of nitrogens with zero attached hydrogens (tertiary/aromatic N) is 2. The molecule has 2 nitrogen and oxygen atoms in total. The largest absolute Gasteiger partial charge is 0.264 e. The van der Waals surface area contributed by atoms with Gasteiger partial charge in [-0.15, -0.1) is 0 Å². The molecule has 0 aliphatic rings. The Hall–Kier alpha value is -1.96. The summed E-state index contributed by atoms with van der Waals surface area (Å²) in [6, 6.07) is 8.31. The van der Waals surface area contributed by atoms with Crippen molar-refractivity contribution in [3.05, 3.63) is 49.1 Å². The van der Waals surface area contributed by atoms with Crippen LogP contribution in [-0.2, 0) is 0 Å². The van der Waals surface area contributed by atoms with E-state index in [0.717, 1.165) is 0 Å². The standard InChI is InChI=1S/C12H8N2/c1-3-13-7-11-6-10-2-4-14-8-12(10)5-9(1)11/h1-8H. The summed E-state index contributed by atoms with van der Waals surface area (Å²) in [5.74, 6) is 0. The van der Waals surface area contributed by atoms with Crippen LogP contribution >= 0.6 is 0 Å². The fraction of sp³-hybridized carbons (Fsp3) is 0. The molecule has 14 heavy (non-hydrogen) atoms. The van der Waals surface area contributed by atoms with Gasteiger partial charge in [0.05, 0.1) is 0 Å². The first kappa shape index (κ1) is 7.44. The molecular formula is C12H8N2. The molecule has 0 spiro atoms. The number of hydrogen-bond donors (Lipinski definition) is 0. The Morgan fingerprint density at radius 3 is 1.64 bits per heavy atom. The molecule has 0 aliphatic carbocycles. The monoisotopic (exact) mass is 180 g/mol. The van der Waals surface area contributed by atoms with E-state index >= 15 is 0 Å². The van der Waals surface area contributed by atoms with Gasteiger partial charge in [-0.3, -0.25) is 9.97 Å². The molecule has 0 saturated heterocycles. The Morgan fingerprint density at radius 2 is 1.14 bits per heavy atom. The van der Waals surface area contributed by atoms with Crippen molar-refractivity contribution in [2.24, 2.45) is 0 Å². The van der Waals surface area contributed by atoms with Gasteiger partial charge in [0.2, 0.25) is 0 Å². The molecule has 2 aromatic heterocycles. The van der Waals surface area contributed by atoms with E-state index in [1.165, 1.54) is 21.5 Å². The van der Waals surface area contributed by atoms with E-state index in [9.17, 15) is 0 Å². The van der Waals surface area contributed by atoms with Crippen LogP contribution in [0.3, 0.4) is 0 Å². The lowest BCUT2D eigenvalue weighted by atomic mass is 10.1. The molecule has 3 aromatic rings. The lowest BCUT2D eigenvalue weighted by Crippen LogP contribution is -1.78. The second kappa shape index (κ2) is 2.77. The van der Waals surface area contributed by atoms with Crippen LogP contribution in [0.5, 0.6) is 0 Å². The van der Waals surface area contributed by atoms with Gasteiger partial charge < -0.3 is 0 Å². The first-order chi connectivity index (χ1) is 6.93. The normalized spacial score (nSPS) is 10.9. The van der Waals surface area contributed by atoms with Crippen molar-refractivity contribution in [1.29, 1.82) is 0 Å². The van der Waals surface area contributed by atoms with Crippen LogP contribution < -0.4 is 0 Å². The Morgan fingerprint density at radius 1 is 0.643 bits per heavy atom. The molecule has 2 heteroatoms. The number of rotatable bonds is 0. The average molecular weight is 180 g/mol. The lowest BCUT2D eigenvalue weighted by Gasteiger charge is -1.99. The van der Waals surface area contributed by atoms with Crippen LogP contribution in [-0.4, -0.2) is 9.97 Å². The summed E-state index contributed by atoms with van der Waals surface area (Å²) in [6.45, 7) is 0. The molecule has 0 aliphatic heterocycles. The maximum atomic E-state index is 4.10. The van der Waals surface area contributed by atoms with E-state index in [1.807, 2.05) is 36.9 Å². The molecule has 2 heterocycles. The zero-order chi connectivity index (χ0) is 9.38. The van der Waals surface area contributed by atoms with Crippen LogP contribution in [0.4, 0.5) is 0 Å². The predicted octanol–water partition coefficient (Wildman–Crippen LogP) is 2.78. The molecule has 66 valence electrons. The number of hydrogen-bond acceptors (Lipinski definition) is 2. The molecule has 1 aromatic carbocycles. The second-order valence-electron chi connectivity index (χ2n) is 3.30. The van der Waals surface area contributed by atoms with Crippen LogP contribution in [0.2, 0.25) is 0 Å². The fourth-order valence-electron chi connectivity index (χ4n) is 1.67. The second-order valence-corrected chi connectivity index (χ2v) is 3.30. The van der Waals surface area contributed by atoms with E-state index < -0.39 is 0 Å². The molecule has 3 rings (SSSR count). The van der Waals surface area contributed by atoms with Crippen LogP contribution in [0.15, 0.2) is 49.1 Å². The van der Waals surface area contributed by atoms with Crippen molar-refractivity contribution in [2.45, 2.75) is 0 Å². The third kappa shape index (κ3) is 1.04. The zero-order valence-corrected chi connectivity index (χ0v) is 7.51. The summed E-state index contributed by atoms with van der Waals surface area (Å²) in [5.41, 5.74) is 0. The Balaban J connectivity index is 2.52. The minimum atomic E-state index is 1.17. The summed E-state index contributed by atoms with van der Waals surface area (Å²) in [4.78, 5) is 8.21. The van der Waals surface area contributed by atoms with Gasteiger partial charge in [0.15, 0.2) is 0 Å². The number of pyridine rings is 2. The molecular weight excluding hydrogens is 172 g/mol. The Bertz CT molecular complexity index is 497. The zero-order valence-electron chi connectivity index (χ0n) is 7.51. The smallest absolute Gasteiger partial charge is 0.0346 e. The van der Waals surface area contributed by atoms with Crippen LogP contribution in [0.25, 0.3) is 21.5 Å². The molecule has 0 atom stereocenters. The third-order valence-electron chi connectivity index (χ3n) is 2.40. The third-order valence-corrected chi connectivity index (χ3v) is 2.40. The van der Waals surface area contributed by atoms with Crippen LogP contribution in [0.1, 0.15) is 0 Å². The Kier molecular flexibility index (Phi) is 1.47. The van der Waals surface area contributed by atoms with Crippen LogP contribution in [0, 0.1) is 0 Å².